The van der Waals surface area contributed by atoms with Crippen LogP contribution in [0.25, 0.3) is 10.9 Å². The predicted octanol–water partition coefficient (Wildman–Crippen LogP) is 3.32. The third kappa shape index (κ3) is 2.32. The summed E-state index contributed by atoms with van der Waals surface area (Å²) in [4.78, 5) is 6.43. The molecule has 2 aromatic rings. The van der Waals surface area contributed by atoms with Gasteiger partial charge in [0.2, 0.25) is 0 Å². The van der Waals surface area contributed by atoms with Crippen LogP contribution in [0.4, 0.5) is 8.78 Å². The Morgan fingerprint density at radius 3 is 2.58 bits per heavy atom. The van der Waals surface area contributed by atoms with Crippen LogP contribution in [0.3, 0.4) is 0 Å². The lowest BCUT2D eigenvalue weighted by atomic mass is 9.87. The zero-order chi connectivity index (χ0) is 13.4. The quantitative estimate of drug-likeness (QED) is 0.783. The SMILES string of the molecule is CN1CCC(c2ccnc3cc(F)c(F)cc23)CC1. The predicted molar refractivity (Wildman–Crippen MR) is 71.1 cm³/mol. The highest BCUT2D eigenvalue weighted by Gasteiger charge is 2.21. The van der Waals surface area contributed by atoms with E-state index in [0.717, 1.165) is 36.9 Å². The van der Waals surface area contributed by atoms with Gasteiger partial charge in [-0.25, -0.2) is 8.78 Å². The van der Waals surface area contributed by atoms with Crippen LogP contribution in [0.5, 0.6) is 0 Å². The van der Waals surface area contributed by atoms with Gasteiger partial charge in [0, 0.05) is 17.6 Å². The highest BCUT2D eigenvalue weighted by atomic mass is 19.2. The molecule has 0 aliphatic carbocycles. The molecular weight excluding hydrogens is 246 g/mol. The van der Waals surface area contributed by atoms with Gasteiger partial charge < -0.3 is 4.90 Å². The molecule has 0 amide bonds. The first-order chi connectivity index (χ1) is 9.15. The molecule has 2 nitrogen and oxygen atoms in total. The number of hydrogen-bond acceptors (Lipinski definition) is 2. The lowest BCUT2D eigenvalue weighted by Gasteiger charge is -2.29. The van der Waals surface area contributed by atoms with E-state index in [0.29, 0.717) is 11.4 Å². The van der Waals surface area contributed by atoms with Crippen LogP contribution in [0, 0.1) is 11.6 Å². The Balaban J connectivity index is 2.06. The number of fused-ring (bicyclic) bond motifs is 1. The zero-order valence-corrected chi connectivity index (χ0v) is 10.9. The molecule has 1 aromatic heterocycles. The van der Waals surface area contributed by atoms with Gasteiger partial charge in [0.25, 0.3) is 0 Å². The number of hydrogen-bond donors (Lipinski definition) is 0. The van der Waals surface area contributed by atoms with Crippen LogP contribution < -0.4 is 0 Å². The van der Waals surface area contributed by atoms with E-state index in [4.69, 9.17) is 0 Å². The molecule has 0 spiro atoms. The number of rotatable bonds is 1. The largest absolute Gasteiger partial charge is 0.306 e. The van der Waals surface area contributed by atoms with Gasteiger partial charge >= 0.3 is 0 Å². The van der Waals surface area contributed by atoms with E-state index < -0.39 is 11.6 Å². The highest BCUT2D eigenvalue weighted by Crippen LogP contribution is 2.32. The average Bonchev–Trinajstić information content (AvgIpc) is 2.41. The van der Waals surface area contributed by atoms with E-state index in [1.165, 1.54) is 12.1 Å². The van der Waals surface area contributed by atoms with Gasteiger partial charge in [-0.1, -0.05) is 0 Å². The number of benzene rings is 1. The van der Waals surface area contributed by atoms with Gasteiger partial charge in [0.15, 0.2) is 11.6 Å². The molecular formula is C15H16F2N2. The fourth-order valence-electron chi connectivity index (χ4n) is 2.84. The van der Waals surface area contributed by atoms with Crippen molar-refractivity contribution in [3.05, 3.63) is 41.6 Å². The minimum atomic E-state index is -0.833. The minimum absolute atomic E-state index is 0.409. The third-order valence-electron chi connectivity index (χ3n) is 3.98. The van der Waals surface area contributed by atoms with E-state index in [2.05, 4.69) is 16.9 Å². The zero-order valence-electron chi connectivity index (χ0n) is 10.9. The Hall–Kier alpha value is -1.55. The molecule has 0 N–H and O–H groups in total. The average molecular weight is 262 g/mol. The lowest BCUT2D eigenvalue weighted by Crippen LogP contribution is -2.29. The molecule has 100 valence electrons. The molecule has 1 aromatic carbocycles. The van der Waals surface area contributed by atoms with Crippen LogP contribution >= 0.6 is 0 Å². The summed E-state index contributed by atoms with van der Waals surface area (Å²) >= 11 is 0. The second-order valence-electron chi connectivity index (χ2n) is 5.26. The molecule has 3 rings (SSSR count). The molecule has 4 heteroatoms. The second kappa shape index (κ2) is 4.85. The van der Waals surface area contributed by atoms with Crippen molar-refractivity contribution in [2.75, 3.05) is 20.1 Å². The van der Waals surface area contributed by atoms with Crippen molar-refractivity contribution in [2.45, 2.75) is 18.8 Å². The molecule has 2 heterocycles. The molecule has 1 aliphatic heterocycles. The maximum Gasteiger partial charge on any atom is 0.161 e. The number of piperidine rings is 1. The Morgan fingerprint density at radius 1 is 1.16 bits per heavy atom. The molecule has 19 heavy (non-hydrogen) atoms. The van der Waals surface area contributed by atoms with E-state index in [9.17, 15) is 8.78 Å². The van der Waals surface area contributed by atoms with Crippen LogP contribution in [-0.4, -0.2) is 30.0 Å². The van der Waals surface area contributed by atoms with Gasteiger partial charge in [-0.15, -0.1) is 0 Å². The fourth-order valence-corrected chi connectivity index (χ4v) is 2.84. The van der Waals surface area contributed by atoms with Crippen molar-refractivity contribution in [3.63, 3.8) is 0 Å². The number of aromatic nitrogens is 1. The van der Waals surface area contributed by atoms with E-state index in [-0.39, 0.29) is 0 Å². The van der Waals surface area contributed by atoms with Crippen molar-refractivity contribution in [2.24, 2.45) is 0 Å². The Labute approximate surface area is 111 Å². The number of nitrogens with zero attached hydrogens (tertiary/aromatic N) is 2. The monoisotopic (exact) mass is 262 g/mol. The van der Waals surface area contributed by atoms with Crippen LogP contribution in [0.15, 0.2) is 24.4 Å². The first kappa shape index (κ1) is 12.5. The Morgan fingerprint density at radius 2 is 1.84 bits per heavy atom. The smallest absolute Gasteiger partial charge is 0.161 e. The van der Waals surface area contributed by atoms with Crippen LogP contribution in [-0.2, 0) is 0 Å². The summed E-state index contributed by atoms with van der Waals surface area (Å²) in [6.45, 7) is 2.08. The summed E-state index contributed by atoms with van der Waals surface area (Å²) in [7, 11) is 2.11. The minimum Gasteiger partial charge on any atom is -0.306 e. The summed E-state index contributed by atoms with van der Waals surface area (Å²) in [5.74, 6) is -1.22. The van der Waals surface area contributed by atoms with Crippen LogP contribution in [0.1, 0.15) is 24.3 Å². The van der Waals surface area contributed by atoms with Gasteiger partial charge in [0.1, 0.15) is 0 Å². The van der Waals surface area contributed by atoms with Crippen LogP contribution in [0.2, 0.25) is 0 Å². The second-order valence-corrected chi connectivity index (χ2v) is 5.26. The third-order valence-corrected chi connectivity index (χ3v) is 3.98. The molecule has 0 unspecified atom stereocenters. The van der Waals surface area contributed by atoms with Crippen molar-refractivity contribution in [1.29, 1.82) is 0 Å². The van der Waals surface area contributed by atoms with E-state index in [1.54, 1.807) is 6.20 Å². The molecule has 0 saturated carbocycles. The molecule has 0 radical (unpaired) electrons. The number of pyridine rings is 1. The maximum absolute atomic E-state index is 13.4. The Kier molecular flexibility index (Phi) is 3.19. The highest BCUT2D eigenvalue weighted by molar-refractivity contribution is 5.82. The fraction of sp³-hybridized carbons (Fsp3) is 0.400. The summed E-state index contributed by atoms with van der Waals surface area (Å²) in [5, 5.41) is 0.746. The first-order valence-electron chi connectivity index (χ1n) is 6.57. The normalized spacial score (nSPS) is 18.1. The van der Waals surface area contributed by atoms with Crippen molar-refractivity contribution >= 4 is 10.9 Å². The summed E-state index contributed by atoms with van der Waals surface area (Å²) in [5.41, 5.74) is 1.63. The maximum atomic E-state index is 13.4. The molecule has 0 atom stereocenters. The van der Waals surface area contributed by atoms with Crippen molar-refractivity contribution in [3.8, 4) is 0 Å². The van der Waals surface area contributed by atoms with Gasteiger partial charge in [0.05, 0.1) is 5.52 Å². The molecule has 1 saturated heterocycles. The van der Waals surface area contributed by atoms with Gasteiger partial charge in [-0.2, -0.15) is 0 Å². The number of halogens is 2. The standard InChI is InChI=1S/C15H16F2N2/c1-19-6-3-10(4-7-19)11-2-5-18-15-9-14(17)13(16)8-12(11)15/h2,5,8-10H,3-4,6-7H2,1H3. The lowest BCUT2D eigenvalue weighted by molar-refractivity contribution is 0.256. The van der Waals surface area contributed by atoms with Gasteiger partial charge in [-0.05, 0) is 56.6 Å². The molecule has 0 bridgehead atoms. The van der Waals surface area contributed by atoms with Crippen molar-refractivity contribution in [1.82, 2.24) is 9.88 Å². The van der Waals surface area contributed by atoms with Crippen molar-refractivity contribution < 1.29 is 8.78 Å². The number of likely N-dealkylation sites (tertiary alicyclic amines) is 1. The summed E-state index contributed by atoms with van der Waals surface area (Å²) in [6, 6.07) is 4.41. The molecule has 1 fully saturated rings. The summed E-state index contributed by atoms with van der Waals surface area (Å²) in [6.07, 6.45) is 3.79. The Bertz CT molecular complexity index is 604. The van der Waals surface area contributed by atoms with Gasteiger partial charge in [-0.3, -0.25) is 4.98 Å². The first-order valence-corrected chi connectivity index (χ1v) is 6.57. The topological polar surface area (TPSA) is 16.1 Å². The molecule has 1 aliphatic rings. The van der Waals surface area contributed by atoms with E-state index in [1.807, 2.05) is 6.07 Å². The van der Waals surface area contributed by atoms with E-state index >= 15 is 0 Å². The summed E-state index contributed by atoms with van der Waals surface area (Å²) < 4.78 is 26.7.